The third kappa shape index (κ3) is 5.04. The normalized spacial score (nSPS) is 14.7. The van der Waals surface area contributed by atoms with Gasteiger partial charge in [-0.3, -0.25) is 0 Å². The molecule has 0 saturated carbocycles. The number of imidazole rings is 1. The molecule has 0 atom stereocenters. The number of sulfone groups is 1. The Labute approximate surface area is 197 Å². The molecule has 1 aliphatic rings. The lowest BCUT2D eigenvalue weighted by molar-refractivity contribution is 0.0270. The smallest absolute Gasteiger partial charge is 0.410 e. The molecular formula is C23H26FN5O4S. The molecule has 9 nitrogen and oxygen atoms in total. The number of hydrogen-bond donors (Lipinski definition) is 1. The van der Waals surface area contributed by atoms with E-state index in [1.807, 2.05) is 26.8 Å². The van der Waals surface area contributed by atoms with Gasteiger partial charge in [-0.25, -0.2) is 27.1 Å². The predicted octanol–water partition coefficient (Wildman–Crippen LogP) is 4.04. The van der Waals surface area contributed by atoms with E-state index in [1.54, 1.807) is 27.9 Å². The van der Waals surface area contributed by atoms with Crippen LogP contribution in [0.15, 0.2) is 47.6 Å². The maximum Gasteiger partial charge on any atom is 0.410 e. The Morgan fingerprint density at radius 2 is 2.00 bits per heavy atom. The minimum Gasteiger partial charge on any atom is -0.444 e. The van der Waals surface area contributed by atoms with Crippen molar-refractivity contribution < 1.29 is 22.3 Å². The van der Waals surface area contributed by atoms with E-state index in [2.05, 4.69) is 15.4 Å². The average Bonchev–Trinajstić information content (AvgIpc) is 3.17. The average molecular weight is 488 g/mol. The maximum atomic E-state index is 14.3. The Morgan fingerprint density at radius 1 is 1.24 bits per heavy atom. The van der Waals surface area contributed by atoms with Crippen molar-refractivity contribution in [2.45, 2.75) is 37.7 Å². The number of carbonyl (C=O) groups excluding carboxylic acids is 1. The molecule has 1 amide bonds. The van der Waals surface area contributed by atoms with E-state index in [4.69, 9.17) is 4.74 Å². The van der Waals surface area contributed by atoms with Crippen LogP contribution in [0.3, 0.4) is 0 Å². The number of halogens is 1. The molecule has 1 aliphatic heterocycles. The van der Waals surface area contributed by atoms with E-state index >= 15 is 0 Å². The first-order valence-corrected chi connectivity index (χ1v) is 12.6. The van der Waals surface area contributed by atoms with Crippen LogP contribution in [0.1, 0.15) is 32.9 Å². The van der Waals surface area contributed by atoms with Crippen molar-refractivity contribution in [2.24, 2.45) is 0 Å². The van der Waals surface area contributed by atoms with E-state index in [0.29, 0.717) is 36.5 Å². The fraction of sp³-hybridized carbons (Fsp3) is 0.348. The van der Waals surface area contributed by atoms with Crippen molar-refractivity contribution in [1.82, 2.24) is 19.5 Å². The summed E-state index contributed by atoms with van der Waals surface area (Å²) >= 11 is 0. The van der Waals surface area contributed by atoms with Gasteiger partial charge in [-0.2, -0.15) is 5.10 Å². The van der Waals surface area contributed by atoms with Crippen LogP contribution in [0.5, 0.6) is 0 Å². The van der Waals surface area contributed by atoms with Gasteiger partial charge >= 0.3 is 6.09 Å². The largest absolute Gasteiger partial charge is 0.444 e. The lowest BCUT2D eigenvalue weighted by Crippen LogP contribution is -2.39. The second-order valence-electron chi connectivity index (χ2n) is 9.07. The highest BCUT2D eigenvalue weighted by Gasteiger charge is 2.25. The predicted molar refractivity (Wildman–Crippen MR) is 126 cm³/mol. The van der Waals surface area contributed by atoms with Crippen LogP contribution >= 0.6 is 0 Å². The van der Waals surface area contributed by atoms with Gasteiger partial charge in [0.1, 0.15) is 16.3 Å². The first kappa shape index (κ1) is 23.7. The molecule has 0 fully saturated rings. The number of nitrogens with one attached hydrogen (secondary N) is 1. The van der Waals surface area contributed by atoms with Gasteiger partial charge < -0.3 is 15.0 Å². The van der Waals surface area contributed by atoms with Crippen molar-refractivity contribution in [1.29, 1.82) is 0 Å². The number of hydrogen-bond acceptors (Lipinski definition) is 7. The highest BCUT2D eigenvalue weighted by atomic mass is 32.2. The summed E-state index contributed by atoms with van der Waals surface area (Å²) in [5.41, 5.74) is 2.73. The quantitative estimate of drug-likeness (QED) is 0.592. The zero-order valence-electron chi connectivity index (χ0n) is 19.4. The molecule has 3 aromatic rings. The van der Waals surface area contributed by atoms with Crippen LogP contribution in [0.4, 0.5) is 20.6 Å². The molecule has 180 valence electrons. The molecule has 0 aliphatic carbocycles. The van der Waals surface area contributed by atoms with Crippen LogP contribution in [0.25, 0.3) is 11.2 Å². The zero-order chi connectivity index (χ0) is 24.7. The molecular weight excluding hydrogens is 461 g/mol. The summed E-state index contributed by atoms with van der Waals surface area (Å²) in [6, 6.07) is 5.56. The van der Waals surface area contributed by atoms with E-state index in [-0.39, 0.29) is 11.0 Å². The molecule has 2 aromatic heterocycles. The van der Waals surface area contributed by atoms with Crippen molar-refractivity contribution in [2.75, 3.05) is 24.7 Å². The van der Waals surface area contributed by atoms with Gasteiger partial charge in [0.05, 0.1) is 23.8 Å². The number of benzene rings is 1. The number of nitrogens with zero attached hydrogens (tertiary/aromatic N) is 4. The summed E-state index contributed by atoms with van der Waals surface area (Å²) in [4.78, 5) is 18.1. The summed E-state index contributed by atoms with van der Waals surface area (Å²) in [6.45, 7) is 6.43. The topological polar surface area (TPSA) is 106 Å². The fourth-order valence-electron chi connectivity index (χ4n) is 3.64. The van der Waals surface area contributed by atoms with Crippen molar-refractivity contribution in [3.63, 3.8) is 0 Å². The number of rotatable bonds is 4. The molecule has 0 bridgehead atoms. The van der Waals surface area contributed by atoms with Crippen LogP contribution in [-0.4, -0.2) is 59.0 Å². The Kier molecular flexibility index (Phi) is 6.07. The van der Waals surface area contributed by atoms with Gasteiger partial charge in [0.25, 0.3) is 0 Å². The molecule has 1 aromatic carbocycles. The number of anilines is 2. The number of carbonyl (C=O) groups is 1. The molecule has 0 unspecified atom stereocenters. The van der Waals surface area contributed by atoms with Crippen LogP contribution < -0.4 is 5.32 Å². The van der Waals surface area contributed by atoms with Crippen LogP contribution in [0.2, 0.25) is 0 Å². The molecule has 0 saturated heterocycles. The first-order valence-electron chi connectivity index (χ1n) is 10.7. The second kappa shape index (κ2) is 8.71. The maximum absolute atomic E-state index is 14.3. The van der Waals surface area contributed by atoms with Gasteiger partial charge in [-0.05, 0) is 57.0 Å². The van der Waals surface area contributed by atoms with E-state index < -0.39 is 21.3 Å². The monoisotopic (exact) mass is 487 g/mol. The van der Waals surface area contributed by atoms with E-state index in [9.17, 15) is 17.6 Å². The van der Waals surface area contributed by atoms with Gasteiger partial charge in [0.2, 0.25) is 0 Å². The van der Waals surface area contributed by atoms with E-state index in [0.717, 1.165) is 23.6 Å². The summed E-state index contributed by atoms with van der Waals surface area (Å²) in [5, 5.41) is 7.48. The van der Waals surface area contributed by atoms with Crippen molar-refractivity contribution >= 4 is 38.5 Å². The Hall–Kier alpha value is -3.47. The highest BCUT2D eigenvalue weighted by Crippen LogP contribution is 2.28. The van der Waals surface area contributed by atoms with Crippen molar-refractivity contribution in [3.8, 4) is 0 Å². The molecule has 34 heavy (non-hydrogen) atoms. The van der Waals surface area contributed by atoms with Gasteiger partial charge in [0, 0.05) is 25.0 Å². The first-order chi connectivity index (χ1) is 15.9. The standard InChI is InChI=1S/C23H26FN5O4S/c1-23(2,3)33-22(30)28-11-8-15(9-12-28)19-14-25-21-18(7-10-26-29(19)21)27-16-5-6-20(17(24)13-16)34(4,31)32/h5-8,10,13-14,27H,9,11-12H2,1-4H3. The number of amides is 1. The Morgan fingerprint density at radius 3 is 2.62 bits per heavy atom. The SMILES string of the molecule is CC(C)(C)OC(=O)N1CC=C(c2cnc3c(Nc4ccc(S(C)(=O)=O)c(F)c4)ccnn23)CC1. The summed E-state index contributed by atoms with van der Waals surface area (Å²) in [5.74, 6) is -0.830. The van der Waals surface area contributed by atoms with Crippen molar-refractivity contribution in [3.05, 3.63) is 54.2 Å². The molecule has 1 N–H and O–H groups in total. The molecule has 0 radical (unpaired) electrons. The van der Waals surface area contributed by atoms with Gasteiger partial charge in [-0.15, -0.1) is 0 Å². The van der Waals surface area contributed by atoms with Gasteiger partial charge in [-0.1, -0.05) is 6.08 Å². The highest BCUT2D eigenvalue weighted by molar-refractivity contribution is 7.90. The molecule has 0 spiro atoms. The summed E-state index contributed by atoms with van der Waals surface area (Å²) < 4.78 is 44.7. The Bertz CT molecular complexity index is 1390. The second-order valence-corrected chi connectivity index (χ2v) is 11.1. The number of fused-ring (bicyclic) bond motifs is 1. The Balaban J connectivity index is 1.56. The van der Waals surface area contributed by atoms with Gasteiger partial charge in [0.15, 0.2) is 15.5 Å². The zero-order valence-corrected chi connectivity index (χ0v) is 20.2. The summed E-state index contributed by atoms with van der Waals surface area (Å²) in [6.07, 6.45) is 6.49. The number of aromatic nitrogens is 3. The summed E-state index contributed by atoms with van der Waals surface area (Å²) in [7, 11) is -3.65. The third-order valence-corrected chi connectivity index (χ3v) is 6.33. The number of ether oxygens (including phenoxy) is 1. The van der Waals surface area contributed by atoms with E-state index in [1.165, 1.54) is 12.1 Å². The molecule has 11 heteroatoms. The fourth-order valence-corrected chi connectivity index (χ4v) is 4.37. The third-order valence-electron chi connectivity index (χ3n) is 5.20. The minimum atomic E-state index is -3.65. The lowest BCUT2D eigenvalue weighted by atomic mass is 10.1. The molecule has 4 rings (SSSR count). The lowest BCUT2D eigenvalue weighted by Gasteiger charge is -2.29. The van der Waals surface area contributed by atoms with Crippen LogP contribution in [0, 0.1) is 5.82 Å². The minimum absolute atomic E-state index is 0.348. The molecule has 3 heterocycles. The van der Waals surface area contributed by atoms with Crippen LogP contribution in [-0.2, 0) is 14.6 Å².